The van der Waals surface area contributed by atoms with Gasteiger partial charge in [-0.2, -0.15) is 18.3 Å². The van der Waals surface area contributed by atoms with Gasteiger partial charge in [0.2, 0.25) is 5.43 Å². The molecule has 0 unspecified atom stereocenters. The number of rotatable bonds is 3. The first kappa shape index (κ1) is 18.3. The smallest absolute Gasteiger partial charge is 0.306 e. The molecule has 3 N–H and O–H groups in total. The van der Waals surface area contributed by atoms with Crippen LogP contribution in [0.2, 0.25) is 0 Å². The van der Waals surface area contributed by atoms with Crippen molar-refractivity contribution >= 4 is 11.5 Å². The molecule has 0 fully saturated rings. The van der Waals surface area contributed by atoms with E-state index in [4.69, 9.17) is 5.84 Å². The molecule has 0 bridgehead atoms. The molecule has 3 aromatic rings. The highest BCUT2D eigenvalue weighted by atomic mass is 19.4. The van der Waals surface area contributed by atoms with Crippen LogP contribution in [-0.4, -0.2) is 15.6 Å². The molecule has 27 heavy (non-hydrogen) atoms. The number of nitrogens with zero attached hydrogens (tertiary/aromatic N) is 3. The maximum atomic E-state index is 12.9. The Morgan fingerprint density at radius 1 is 1.07 bits per heavy atom. The summed E-state index contributed by atoms with van der Waals surface area (Å²) < 4.78 is 39.9. The average Bonchev–Trinajstić information content (AvgIpc) is 2.67. The highest BCUT2D eigenvalue weighted by Crippen LogP contribution is 2.30. The van der Waals surface area contributed by atoms with E-state index in [0.29, 0.717) is 5.69 Å². The Morgan fingerprint density at radius 3 is 2.48 bits per heavy atom. The van der Waals surface area contributed by atoms with Gasteiger partial charge in [0.25, 0.3) is 0 Å². The van der Waals surface area contributed by atoms with Crippen molar-refractivity contribution in [1.82, 2.24) is 15.2 Å². The lowest BCUT2D eigenvalue weighted by Gasteiger charge is -2.11. The molecule has 3 rings (SSSR count). The normalized spacial score (nSPS) is 12.1. The minimum atomic E-state index is -4.49. The molecule has 0 aliphatic rings. The van der Waals surface area contributed by atoms with Crippen LogP contribution in [0.4, 0.5) is 18.9 Å². The van der Waals surface area contributed by atoms with Gasteiger partial charge in [-0.15, -0.1) is 0 Å². The van der Waals surface area contributed by atoms with Crippen LogP contribution < -0.4 is 16.7 Å². The fourth-order valence-electron chi connectivity index (χ4n) is 2.33. The molecule has 0 radical (unpaired) electrons. The summed E-state index contributed by atoms with van der Waals surface area (Å²) in [5.41, 5.74) is 1.56. The van der Waals surface area contributed by atoms with Gasteiger partial charge < -0.3 is 5.43 Å². The van der Waals surface area contributed by atoms with Crippen molar-refractivity contribution in [3.8, 4) is 5.69 Å². The van der Waals surface area contributed by atoms with E-state index in [-0.39, 0.29) is 17.2 Å². The van der Waals surface area contributed by atoms with Crippen LogP contribution in [-0.2, 0) is 6.18 Å². The first-order valence-electron chi connectivity index (χ1n) is 7.77. The molecule has 0 saturated heterocycles. The van der Waals surface area contributed by atoms with Crippen LogP contribution in [0.1, 0.15) is 11.3 Å². The number of aliphatic imine (C=N–C) groups is 1. The third-order valence-electron chi connectivity index (χ3n) is 3.60. The van der Waals surface area contributed by atoms with Gasteiger partial charge in [-0.25, -0.2) is 15.5 Å². The Kier molecular flexibility index (Phi) is 5.04. The van der Waals surface area contributed by atoms with Crippen molar-refractivity contribution in [3.63, 3.8) is 0 Å². The fourth-order valence-corrected chi connectivity index (χ4v) is 2.33. The molecule has 138 valence electrons. The van der Waals surface area contributed by atoms with Gasteiger partial charge in [0.05, 0.1) is 16.9 Å². The van der Waals surface area contributed by atoms with E-state index >= 15 is 0 Å². The fraction of sp³-hybridized carbons (Fsp3) is 0.0556. The van der Waals surface area contributed by atoms with Crippen molar-refractivity contribution in [1.29, 1.82) is 0 Å². The van der Waals surface area contributed by atoms with E-state index in [2.05, 4.69) is 15.5 Å². The van der Waals surface area contributed by atoms with Crippen molar-refractivity contribution < 1.29 is 13.2 Å². The van der Waals surface area contributed by atoms with Crippen molar-refractivity contribution in [2.24, 2.45) is 10.8 Å². The predicted molar refractivity (Wildman–Crippen MR) is 94.8 cm³/mol. The number of hydrogen-bond acceptors (Lipinski definition) is 4. The van der Waals surface area contributed by atoms with Gasteiger partial charge in [0.15, 0.2) is 11.5 Å². The number of alkyl halides is 3. The van der Waals surface area contributed by atoms with Gasteiger partial charge in [0.1, 0.15) is 0 Å². The zero-order chi connectivity index (χ0) is 19.4. The van der Waals surface area contributed by atoms with E-state index in [1.165, 1.54) is 24.4 Å². The van der Waals surface area contributed by atoms with Gasteiger partial charge in [-0.05, 0) is 30.3 Å². The summed E-state index contributed by atoms with van der Waals surface area (Å²) in [7, 11) is 0. The Balaban J connectivity index is 2.07. The Morgan fingerprint density at radius 2 is 1.81 bits per heavy atom. The standard InChI is InChI=1S/C18H14F3N5O/c19-18(20,21)12-5-4-8-14(11-12)26-10-9-15(27)16(25-26)17(24-22)23-13-6-2-1-3-7-13/h1-11H,22H2,(H,23,24). The number of nitrogens with two attached hydrogens (primary N) is 1. The second-order valence-corrected chi connectivity index (χ2v) is 5.46. The highest BCUT2D eigenvalue weighted by Gasteiger charge is 2.30. The lowest BCUT2D eigenvalue weighted by molar-refractivity contribution is -0.137. The van der Waals surface area contributed by atoms with Crippen LogP contribution in [0.3, 0.4) is 0 Å². The Labute approximate surface area is 151 Å². The van der Waals surface area contributed by atoms with Gasteiger partial charge >= 0.3 is 6.18 Å². The molecule has 1 aromatic heterocycles. The number of halogens is 3. The number of amidine groups is 1. The monoisotopic (exact) mass is 373 g/mol. The van der Waals surface area contributed by atoms with Crippen molar-refractivity contribution in [3.05, 3.63) is 88.3 Å². The van der Waals surface area contributed by atoms with Crippen LogP contribution >= 0.6 is 0 Å². The SMILES string of the molecule is NNC(=Nc1ccccc1)c1nn(-c2cccc(C(F)(F)F)c2)ccc1=O. The highest BCUT2D eigenvalue weighted by molar-refractivity contribution is 5.98. The number of benzene rings is 2. The molecule has 0 saturated carbocycles. The molecule has 0 aliphatic carbocycles. The van der Waals surface area contributed by atoms with Gasteiger partial charge in [0, 0.05) is 12.3 Å². The molecular formula is C18H14F3N5O. The third kappa shape index (κ3) is 4.21. The zero-order valence-corrected chi connectivity index (χ0v) is 13.8. The second-order valence-electron chi connectivity index (χ2n) is 5.46. The molecule has 2 aromatic carbocycles. The first-order valence-corrected chi connectivity index (χ1v) is 7.77. The summed E-state index contributed by atoms with van der Waals surface area (Å²) in [6, 6.07) is 14.5. The second kappa shape index (κ2) is 7.42. The number of hydrazine groups is 1. The minimum Gasteiger partial charge on any atom is -0.306 e. The number of aromatic nitrogens is 2. The van der Waals surface area contributed by atoms with E-state index in [9.17, 15) is 18.0 Å². The van der Waals surface area contributed by atoms with Crippen LogP contribution in [0.15, 0.2) is 76.6 Å². The lowest BCUT2D eigenvalue weighted by Crippen LogP contribution is -2.36. The van der Waals surface area contributed by atoms with E-state index in [1.807, 2.05) is 0 Å². The minimum absolute atomic E-state index is 0.00692. The molecular weight excluding hydrogens is 359 g/mol. The van der Waals surface area contributed by atoms with Crippen LogP contribution in [0, 0.1) is 0 Å². The zero-order valence-electron chi connectivity index (χ0n) is 13.8. The lowest BCUT2D eigenvalue weighted by atomic mass is 10.2. The van der Waals surface area contributed by atoms with E-state index < -0.39 is 17.2 Å². The molecule has 1 heterocycles. The average molecular weight is 373 g/mol. The summed E-state index contributed by atoms with van der Waals surface area (Å²) in [6.45, 7) is 0. The van der Waals surface area contributed by atoms with E-state index in [1.54, 1.807) is 30.3 Å². The summed E-state index contributed by atoms with van der Waals surface area (Å²) in [4.78, 5) is 16.4. The maximum Gasteiger partial charge on any atom is 0.416 e. The molecule has 0 aliphatic heterocycles. The molecule has 9 heteroatoms. The predicted octanol–water partition coefficient (Wildman–Crippen LogP) is 2.79. The van der Waals surface area contributed by atoms with Crippen LogP contribution in [0.25, 0.3) is 5.69 Å². The summed E-state index contributed by atoms with van der Waals surface area (Å²) in [5, 5.41) is 4.10. The Bertz CT molecular complexity index is 1030. The largest absolute Gasteiger partial charge is 0.416 e. The third-order valence-corrected chi connectivity index (χ3v) is 3.60. The van der Waals surface area contributed by atoms with Crippen molar-refractivity contribution in [2.75, 3.05) is 0 Å². The topological polar surface area (TPSA) is 85.3 Å². The van der Waals surface area contributed by atoms with Gasteiger partial charge in [-0.1, -0.05) is 24.3 Å². The van der Waals surface area contributed by atoms with Crippen molar-refractivity contribution in [2.45, 2.75) is 6.18 Å². The summed E-state index contributed by atoms with van der Waals surface area (Å²) in [5.74, 6) is 5.47. The van der Waals surface area contributed by atoms with Crippen LogP contribution in [0.5, 0.6) is 0 Å². The molecule has 6 nitrogen and oxygen atoms in total. The number of para-hydroxylation sites is 1. The van der Waals surface area contributed by atoms with E-state index in [0.717, 1.165) is 16.8 Å². The quantitative estimate of drug-likeness (QED) is 0.320. The molecule has 0 amide bonds. The number of hydrogen-bond donors (Lipinski definition) is 2. The summed E-state index contributed by atoms with van der Waals surface area (Å²) >= 11 is 0. The maximum absolute atomic E-state index is 12.9. The van der Waals surface area contributed by atoms with Gasteiger partial charge in [-0.3, -0.25) is 4.79 Å². The number of nitrogens with one attached hydrogen (secondary N) is 1. The summed E-state index contributed by atoms with van der Waals surface area (Å²) in [6.07, 6.45) is -3.21. The Hall–Kier alpha value is -3.46. The first-order chi connectivity index (χ1) is 12.9. The molecule has 0 spiro atoms. The molecule has 0 atom stereocenters.